The summed E-state index contributed by atoms with van der Waals surface area (Å²) < 4.78 is 11.3. The van der Waals surface area contributed by atoms with Crippen molar-refractivity contribution in [2.45, 2.75) is 25.0 Å². The maximum Gasteiger partial charge on any atom is 0.324 e. The molecule has 0 bridgehead atoms. The van der Waals surface area contributed by atoms with Crippen LogP contribution in [0.1, 0.15) is 18.4 Å². The van der Waals surface area contributed by atoms with Gasteiger partial charge in [-0.2, -0.15) is 0 Å². The van der Waals surface area contributed by atoms with E-state index in [1.54, 1.807) is 0 Å². The van der Waals surface area contributed by atoms with Crippen molar-refractivity contribution in [1.82, 2.24) is 0 Å². The first-order valence-electron chi connectivity index (χ1n) is 9.00. The van der Waals surface area contributed by atoms with Gasteiger partial charge in [0.2, 0.25) is 0 Å². The predicted octanol–water partition coefficient (Wildman–Crippen LogP) is 2.96. The van der Waals surface area contributed by atoms with Crippen molar-refractivity contribution in [3.8, 4) is 11.5 Å². The van der Waals surface area contributed by atoms with Gasteiger partial charge in [-0.1, -0.05) is 36.4 Å². The molecule has 0 aromatic heterocycles. The molecule has 4 unspecified atom stereocenters. The molecule has 0 amide bonds. The largest absolute Gasteiger partial charge is 0.480 e. The lowest BCUT2D eigenvalue weighted by Crippen LogP contribution is -2.49. The summed E-state index contributed by atoms with van der Waals surface area (Å²) in [5.74, 6) is -0.814. The monoisotopic (exact) mass is 367 g/mol. The van der Waals surface area contributed by atoms with E-state index in [0.717, 1.165) is 5.56 Å². The van der Waals surface area contributed by atoms with Crippen LogP contribution >= 0.6 is 0 Å². The topological polar surface area (TPSA) is 98.9 Å². The predicted molar refractivity (Wildman–Crippen MR) is 97.0 cm³/mol. The summed E-state index contributed by atoms with van der Waals surface area (Å²) in [6.45, 7) is 0.0718. The maximum absolute atomic E-state index is 12.5. The minimum absolute atomic E-state index is 0.0226. The van der Waals surface area contributed by atoms with Gasteiger partial charge < -0.3 is 20.3 Å². The van der Waals surface area contributed by atoms with Gasteiger partial charge in [0, 0.05) is 11.5 Å². The molecular weight excluding hydrogens is 346 g/mol. The van der Waals surface area contributed by atoms with E-state index in [1.807, 2.05) is 54.6 Å². The van der Waals surface area contributed by atoms with Crippen molar-refractivity contribution < 1.29 is 24.2 Å². The highest BCUT2D eigenvalue weighted by Crippen LogP contribution is 2.61. The third kappa shape index (κ3) is 3.17. The van der Waals surface area contributed by atoms with Gasteiger partial charge in [-0.15, -0.1) is 0 Å². The maximum atomic E-state index is 12.5. The summed E-state index contributed by atoms with van der Waals surface area (Å²) in [7, 11) is 0. The molecule has 0 aliphatic heterocycles. The van der Waals surface area contributed by atoms with Crippen LogP contribution in [0.25, 0.3) is 0 Å². The highest BCUT2D eigenvalue weighted by Gasteiger charge is 2.70. The molecule has 2 fully saturated rings. The third-order valence-electron chi connectivity index (χ3n) is 5.64. The molecule has 4 atom stereocenters. The number of ether oxygens (including phenoxy) is 2. The minimum atomic E-state index is -1.30. The van der Waals surface area contributed by atoms with E-state index in [4.69, 9.17) is 15.2 Å². The Labute approximate surface area is 156 Å². The molecule has 2 saturated carbocycles. The van der Waals surface area contributed by atoms with Gasteiger partial charge in [0.1, 0.15) is 23.6 Å². The van der Waals surface area contributed by atoms with Crippen LogP contribution in [0.15, 0.2) is 54.6 Å². The second-order valence-electron chi connectivity index (χ2n) is 7.23. The van der Waals surface area contributed by atoms with Crippen LogP contribution in [-0.4, -0.2) is 22.6 Å². The molecule has 2 aromatic carbocycles. The van der Waals surface area contributed by atoms with E-state index in [9.17, 15) is 14.7 Å². The fraction of sp³-hybridized carbons (Fsp3) is 0.333. The lowest BCUT2D eigenvalue weighted by atomic mass is 9.92. The number of hydrogen-bond donors (Lipinski definition) is 2. The zero-order chi connectivity index (χ0) is 19.0. The first-order valence-corrected chi connectivity index (χ1v) is 9.00. The lowest BCUT2D eigenvalue weighted by Gasteiger charge is -2.21. The zero-order valence-electron chi connectivity index (χ0n) is 14.7. The van der Waals surface area contributed by atoms with Crippen molar-refractivity contribution in [2.75, 3.05) is 0 Å². The molecule has 140 valence electrons. The molecule has 0 saturated heterocycles. The van der Waals surface area contributed by atoms with E-state index in [-0.39, 0.29) is 24.4 Å². The quantitative estimate of drug-likeness (QED) is 0.762. The van der Waals surface area contributed by atoms with Crippen molar-refractivity contribution in [3.05, 3.63) is 60.2 Å². The Morgan fingerprint density at radius 1 is 1.11 bits per heavy atom. The van der Waals surface area contributed by atoms with Gasteiger partial charge in [-0.05, 0) is 37.0 Å². The Morgan fingerprint density at radius 3 is 2.56 bits per heavy atom. The number of para-hydroxylation sites is 2. The number of benzene rings is 2. The van der Waals surface area contributed by atoms with Crippen LogP contribution in [0, 0.1) is 17.8 Å². The average Bonchev–Trinajstić information content (AvgIpc) is 3.31. The number of hydrogen-bond acceptors (Lipinski definition) is 5. The van der Waals surface area contributed by atoms with Gasteiger partial charge in [0.15, 0.2) is 0 Å². The number of esters is 1. The van der Waals surface area contributed by atoms with Gasteiger partial charge in [0.25, 0.3) is 0 Å². The number of carboxylic acid groups (broad SMARTS) is 1. The van der Waals surface area contributed by atoms with Crippen LogP contribution in [0.5, 0.6) is 11.5 Å². The van der Waals surface area contributed by atoms with Gasteiger partial charge >= 0.3 is 11.9 Å². The molecule has 2 aliphatic carbocycles. The van der Waals surface area contributed by atoms with Crippen molar-refractivity contribution in [1.29, 1.82) is 0 Å². The van der Waals surface area contributed by atoms with Crippen LogP contribution in [0.2, 0.25) is 0 Å². The SMILES string of the molecule is NC1(C(=O)O)CCC2C(C(=O)OCc3ccccc3Oc3ccccc3)C21. The third-order valence-corrected chi connectivity index (χ3v) is 5.64. The van der Waals surface area contributed by atoms with Gasteiger partial charge in [-0.3, -0.25) is 9.59 Å². The van der Waals surface area contributed by atoms with E-state index in [2.05, 4.69) is 0 Å². The standard InChI is InChI=1S/C21H21NO5/c22-21(20(24)25)11-10-15-17(18(15)21)19(23)26-12-13-6-4-5-9-16(13)27-14-7-2-1-3-8-14/h1-9,15,17-18H,10-12,22H2,(H,24,25). The molecule has 0 spiro atoms. The van der Waals surface area contributed by atoms with E-state index >= 15 is 0 Å². The van der Waals surface area contributed by atoms with E-state index < -0.39 is 17.4 Å². The summed E-state index contributed by atoms with van der Waals surface area (Å²) in [4.78, 5) is 23.9. The molecule has 4 rings (SSSR count). The molecule has 3 N–H and O–H groups in total. The average molecular weight is 367 g/mol. The number of nitrogens with two attached hydrogens (primary N) is 1. The van der Waals surface area contributed by atoms with E-state index in [0.29, 0.717) is 24.3 Å². The zero-order valence-corrected chi connectivity index (χ0v) is 14.7. The van der Waals surface area contributed by atoms with Gasteiger partial charge in [0.05, 0.1) is 5.92 Å². The molecular formula is C21H21NO5. The van der Waals surface area contributed by atoms with Crippen molar-refractivity contribution >= 4 is 11.9 Å². The Hall–Kier alpha value is -2.86. The van der Waals surface area contributed by atoms with Crippen LogP contribution in [-0.2, 0) is 20.9 Å². The van der Waals surface area contributed by atoms with E-state index in [1.165, 1.54) is 0 Å². The molecule has 2 aromatic rings. The van der Waals surface area contributed by atoms with Crippen LogP contribution in [0.3, 0.4) is 0 Å². The van der Waals surface area contributed by atoms with Crippen LogP contribution in [0.4, 0.5) is 0 Å². The number of fused-ring (bicyclic) bond motifs is 1. The fourth-order valence-electron chi connectivity index (χ4n) is 4.16. The second-order valence-corrected chi connectivity index (χ2v) is 7.23. The van der Waals surface area contributed by atoms with Gasteiger partial charge in [-0.25, -0.2) is 0 Å². The minimum Gasteiger partial charge on any atom is -0.480 e. The summed E-state index contributed by atoms with van der Waals surface area (Å²) in [6, 6.07) is 16.7. The lowest BCUT2D eigenvalue weighted by molar-refractivity contribution is -0.149. The molecule has 2 aliphatic rings. The van der Waals surface area contributed by atoms with Crippen molar-refractivity contribution in [3.63, 3.8) is 0 Å². The number of rotatable bonds is 6. The molecule has 0 heterocycles. The first-order chi connectivity index (χ1) is 13.0. The smallest absolute Gasteiger partial charge is 0.324 e. The summed E-state index contributed by atoms with van der Waals surface area (Å²) in [5, 5.41) is 9.36. The van der Waals surface area contributed by atoms with Crippen molar-refractivity contribution in [2.24, 2.45) is 23.5 Å². The highest BCUT2D eigenvalue weighted by molar-refractivity contribution is 5.85. The fourth-order valence-corrected chi connectivity index (χ4v) is 4.16. The summed E-state index contributed by atoms with van der Waals surface area (Å²) in [6.07, 6.45) is 1.07. The molecule has 6 heteroatoms. The number of carbonyl (C=O) groups is 2. The Kier molecular flexibility index (Phi) is 4.36. The van der Waals surface area contributed by atoms with Crippen LogP contribution < -0.4 is 10.5 Å². The number of carboxylic acids is 1. The number of aliphatic carboxylic acids is 1. The Morgan fingerprint density at radius 2 is 1.81 bits per heavy atom. The normalized spacial score (nSPS) is 28.3. The molecule has 27 heavy (non-hydrogen) atoms. The Balaban J connectivity index is 1.40. The second kappa shape index (κ2) is 6.70. The molecule has 0 radical (unpaired) electrons. The summed E-state index contributed by atoms with van der Waals surface area (Å²) >= 11 is 0. The highest BCUT2D eigenvalue weighted by atomic mass is 16.5. The Bertz CT molecular complexity index is 868. The first kappa shape index (κ1) is 17.5. The summed E-state index contributed by atoms with van der Waals surface area (Å²) in [5.41, 5.74) is 5.45. The number of carbonyl (C=O) groups excluding carboxylic acids is 1. The molecule has 6 nitrogen and oxygen atoms in total.